The van der Waals surface area contributed by atoms with Crippen molar-refractivity contribution >= 4 is 5.71 Å². The quantitative estimate of drug-likeness (QED) is 0.553. The number of aliphatic hydroxyl groups excluding tert-OH is 1. The van der Waals surface area contributed by atoms with Gasteiger partial charge in [-0.05, 0) is 85.5 Å². The molecular formula is C21H29NO4. The summed E-state index contributed by atoms with van der Waals surface area (Å²) in [6.07, 6.45) is 5.00. The summed E-state index contributed by atoms with van der Waals surface area (Å²) in [5.41, 5.74) is 2.99. The minimum Gasteiger partial charge on any atom is -0.504 e. The van der Waals surface area contributed by atoms with Crippen LogP contribution in [0.25, 0.3) is 0 Å². The van der Waals surface area contributed by atoms with E-state index < -0.39 is 0 Å². The monoisotopic (exact) mass is 359 g/mol. The summed E-state index contributed by atoms with van der Waals surface area (Å²) in [4.78, 5) is 0. The molecule has 3 aliphatic carbocycles. The van der Waals surface area contributed by atoms with Gasteiger partial charge < -0.3 is 20.2 Å². The Morgan fingerprint density at radius 2 is 2.08 bits per heavy atom. The first-order chi connectivity index (χ1) is 12.5. The number of oxime groups is 1. The van der Waals surface area contributed by atoms with Gasteiger partial charge in [0.2, 0.25) is 0 Å². The minimum absolute atomic E-state index is 0.0358. The van der Waals surface area contributed by atoms with E-state index in [2.05, 4.69) is 12.1 Å². The molecule has 2 fully saturated rings. The van der Waals surface area contributed by atoms with E-state index in [0.29, 0.717) is 36.5 Å². The van der Waals surface area contributed by atoms with E-state index in [4.69, 9.17) is 4.74 Å². The molecule has 5 nitrogen and oxygen atoms in total. The van der Waals surface area contributed by atoms with Crippen molar-refractivity contribution in [1.29, 1.82) is 0 Å². The summed E-state index contributed by atoms with van der Waals surface area (Å²) >= 11 is 0. The standard InChI is InChI=1S/C21H29NO4/c1-3-26-19-11-15-12(9-18(19)23)8-13(22-25)10-16-14(15)6-7-21(2)17(16)4-5-20(21)24/h9,11,14,16-17,20,23-25H,3-8,10H2,1-2H3/b22-13+/t14?,16?,17?,20-,21-/m0/s1. The summed E-state index contributed by atoms with van der Waals surface area (Å²) in [7, 11) is 0. The van der Waals surface area contributed by atoms with E-state index in [9.17, 15) is 15.4 Å². The van der Waals surface area contributed by atoms with Gasteiger partial charge in [-0.1, -0.05) is 12.1 Å². The molecule has 0 radical (unpaired) electrons. The second kappa shape index (κ2) is 6.45. The maximum Gasteiger partial charge on any atom is 0.161 e. The number of ether oxygens (including phenoxy) is 1. The molecule has 142 valence electrons. The highest BCUT2D eigenvalue weighted by Gasteiger charge is 2.54. The number of fused-ring (bicyclic) bond motifs is 5. The predicted molar refractivity (Wildman–Crippen MR) is 99.1 cm³/mol. The van der Waals surface area contributed by atoms with E-state index in [1.54, 1.807) is 6.07 Å². The Labute approximate surface area is 154 Å². The largest absolute Gasteiger partial charge is 0.504 e. The predicted octanol–water partition coefficient (Wildman–Crippen LogP) is 3.84. The van der Waals surface area contributed by atoms with E-state index >= 15 is 0 Å². The van der Waals surface area contributed by atoms with Crippen LogP contribution < -0.4 is 4.74 Å². The molecule has 4 rings (SSSR count). The lowest BCUT2D eigenvalue weighted by Gasteiger charge is -2.47. The van der Waals surface area contributed by atoms with Gasteiger partial charge >= 0.3 is 0 Å². The summed E-state index contributed by atoms with van der Waals surface area (Å²) in [6, 6.07) is 3.78. The van der Waals surface area contributed by atoms with Gasteiger partial charge in [-0.3, -0.25) is 0 Å². The molecule has 0 aliphatic heterocycles. The number of hydrogen-bond acceptors (Lipinski definition) is 5. The Hall–Kier alpha value is -1.75. The van der Waals surface area contributed by atoms with E-state index in [1.807, 2.05) is 13.0 Å². The van der Waals surface area contributed by atoms with Crippen LogP contribution >= 0.6 is 0 Å². The molecular weight excluding hydrogens is 330 g/mol. The van der Waals surface area contributed by atoms with Crippen molar-refractivity contribution < 1.29 is 20.2 Å². The van der Waals surface area contributed by atoms with Gasteiger partial charge in [0, 0.05) is 6.42 Å². The molecule has 1 aromatic carbocycles. The number of aromatic hydroxyl groups is 1. The molecule has 3 N–H and O–H groups in total. The summed E-state index contributed by atoms with van der Waals surface area (Å²) in [5, 5.41) is 34.0. The van der Waals surface area contributed by atoms with Gasteiger partial charge in [0.05, 0.1) is 18.4 Å². The first kappa shape index (κ1) is 17.7. The number of aliphatic hydroxyl groups is 1. The third-order valence-electron chi connectivity index (χ3n) is 7.31. The Morgan fingerprint density at radius 3 is 2.81 bits per heavy atom. The molecule has 2 saturated carbocycles. The maximum atomic E-state index is 10.6. The van der Waals surface area contributed by atoms with E-state index in [0.717, 1.165) is 43.4 Å². The average Bonchev–Trinajstić information content (AvgIpc) is 2.83. The number of benzene rings is 1. The average molecular weight is 359 g/mol. The fourth-order valence-corrected chi connectivity index (χ4v) is 5.97. The summed E-state index contributed by atoms with van der Waals surface area (Å²) in [6.45, 7) is 4.66. The number of phenols is 1. The summed E-state index contributed by atoms with van der Waals surface area (Å²) in [5.74, 6) is 1.83. The van der Waals surface area contributed by atoms with Crippen molar-refractivity contribution in [1.82, 2.24) is 0 Å². The zero-order chi connectivity index (χ0) is 18.5. The second-order valence-corrected chi connectivity index (χ2v) is 8.51. The van der Waals surface area contributed by atoms with Crippen molar-refractivity contribution in [2.75, 3.05) is 6.61 Å². The second-order valence-electron chi connectivity index (χ2n) is 8.51. The molecule has 0 heterocycles. The molecule has 1 aromatic rings. The molecule has 0 saturated heterocycles. The lowest BCUT2D eigenvalue weighted by molar-refractivity contribution is -0.0167. The highest BCUT2D eigenvalue weighted by molar-refractivity contribution is 5.87. The van der Waals surface area contributed by atoms with Crippen LogP contribution in [-0.2, 0) is 6.42 Å². The van der Waals surface area contributed by atoms with Crippen LogP contribution in [0.2, 0.25) is 0 Å². The van der Waals surface area contributed by atoms with Crippen molar-refractivity contribution in [3.63, 3.8) is 0 Å². The smallest absolute Gasteiger partial charge is 0.161 e. The highest BCUT2D eigenvalue weighted by Crippen LogP contribution is 2.60. The normalized spacial score (nSPS) is 37.6. The topological polar surface area (TPSA) is 82.3 Å². The Balaban J connectivity index is 1.80. The van der Waals surface area contributed by atoms with E-state index in [1.165, 1.54) is 5.56 Å². The molecule has 5 atom stereocenters. The molecule has 5 heteroatoms. The highest BCUT2D eigenvalue weighted by atomic mass is 16.5. The maximum absolute atomic E-state index is 10.6. The minimum atomic E-state index is -0.232. The molecule has 0 amide bonds. The van der Waals surface area contributed by atoms with Gasteiger partial charge in [-0.15, -0.1) is 0 Å². The van der Waals surface area contributed by atoms with Crippen molar-refractivity contribution in [2.24, 2.45) is 22.4 Å². The fraction of sp³-hybridized carbons (Fsp3) is 0.667. The molecule has 3 unspecified atom stereocenters. The number of nitrogens with zero attached hydrogens (tertiary/aromatic N) is 1. The van der Waals surface area contributed by atoms with Crippen LogP contribution in [-0.4, -0.2) is 33.8 Å². The molecule has 26 heavy (non-hydrogen) atoms. The first-order valence-corrected chi connectivity index (χ1v) is 9.84. The SMILES string of the molecule is CCOc1cc2c(cc1O)C/C(=N\O)CC1C2CC[C@@]2(C)C1CC[C@@H]2O. The number of phenolic OH excluding ortho intramolecular Hbond substituents is 1. The van der Waals surface area contributed by atoms with Crippen LogP contribution in [0.1, 0.15) is 63.0 Å². The zero-order valence-corrected chi connectivity index (χ0v) is 15.6. The lowest BCUT2D eigenvalue weighted by atomic mass is 9.58. The van der Waals surface area contributed by atoms with Gasteiger partial charge in [-0.2, -0.15) is 0 Å². The number of hydrogen-bond donors (Lipinski definition) is 3. The van der Waals surface area contributed by atoms with Crippen molar-refractivity contribution in [3.8, 4) is 11.5 Å². The lowest BCUT2D eigenvalue weighted by Crippen LogP contribution is -2.42. The molecule has 0 aromatic heterocycles. The Bertz CT molecular complexity index is 731. The van der Waals surface area contributed by atoms with Crippen LogP contribution in [0.3, 0.4) is 0 Å². The third kappa shape index (κ3) is 2.59. The van der Waals surface area contributed by atoms with Crippen LogP contribution in [0, 0.1) is 17.3 Å². The van der Waals surface area contributed by atoms with Crippen LogP contribution in [0.15, 0.2) is 17.3 Å². The van der Waals surface area contributed by atoms with Gasteiger partial charge in [-0.25, -0.2) is 0 Å². The van der Waals surface area contributed by atoms with Crippen LogP contribution in [0.5, 0.6) is 11.5 Å². The summed E-state index contributed by atoms with van der Waals surface area (Å²) < 4.78 is 5.63. The van der Waals surface area contributed by atoms with E-state index in [-0.39, 0.29) is 17.3 Å². The number of rotatable bonds is 2. The molecule has 0 spiro atoms. The molecule has 3 aliphatic rings. The Morgan fingerprint density at radius 1 is 1.27 bits per heavy atom. The van der Waals surface area contributed by atoms with Crippen molar-refractivity contribution in [2.45, 2.75) is 64.4 Å². The van der Waals surface area contributed by atoms with Crippen LogP contribution in [0.4, 0.5) is 0 Å². The first-order valence-electron chi connectivity index (χ1n) is 9.84. The van der Waals surface area contributed by atoms with Gasteiger partial charge in [0.25, 0.3) is 0 Å². The van der Waals surface area contributed by atoms with Crippen molar-refractivity contribution in [3.05, 3.63) is 23.3 Å². The Kier molecular flexibility index (Phi) is 4.38. The van der Waals surface area contributed by atoms with Gasteiger partial charge in [0.1, 0.15) is 0 Å². The molecule has 0 bridgehead atoms. The third-order valence-corrected chi connectivity index (χ3v) is 7.31. The zero-order valence-electron chi connectivity index (χ0n) is 15.6. The van der Waals surface area contributed by atoms with Gasteiger partial charge in [0.15, 0.2) is 11.5 Å². The fourth-order valence-electron chi connectivity index (χ4n) is 5.97.